The average molecular weight is 200 g/mol. The zero-order valence-corrected chi connectivity index (χ0v) is 9.25. The van der Waals surface area contributed by atoms with Crippen molar-refractivity contribution in [2.24, 2.45) is 0 Å². The van der Waals surface area contributed by atoms with E-state index in [9.17, 15) is 5.26 Å². The predicted molar refractivity (Wildman–Crippen MR) is 60.4 cm³/mol. The molecule has 2 nitrogen and oxygen atoms in total. The standard InChI is InChI=1S/C13H16N2/c1-10-7-8-13(9-14,15-2)12-6-4-3-5-11(10)12/h3-6,10,15H,7-8H2,1-2H3. The van der Waals surface area contributed by atoms with Crippen molar-refractivity contribution in [2.75, 3.05) is 7.05 Å². The van der Waals surface area contributed by atoms with Crippen LogP contribution in [-0.4, -0.2) is 7.05 Å². The van der Waals surface area contributed by atoms with E-state index in [4.69, 9.17) is 0 Å². The summed E-state index contributed by atoms with van der Waals surface area (Å²) in [6.07, 6.45) is 1.98. The van der Waals surface area contributed by atoms with Gasteiger partial charge in [-0.1, -0.05) is 31.2 Å². The molecule has 1 aromatic carbocycles. The normalized spacial score (nSPS) is 29.3. The number of rotatable bonds is 1. The van der Waals surface area contributed by atoms with E-state index in [0.717, 1.165) is 18.4 Å². The quantitative estimate of drug-likeness (QED) is 0.756. The molecule has 0 fully saturated rings. The first kappa shape index (κ1) is 10.2. The fourth-order valence-electron chi connectivity index (χ4n) is 2.47. The molecule has 0 aliphatic heterocycles. The topological polar surface area (TPSA) is 35.8 Å². The molecule has 0 amide bonds. The van der Waals surface area contributed by atoms with Gasteiger partial charge in [-0.25, -0.2) is 0 Å². The summed E-state index contributed by atoms with van der Waals surface area (Å²) in [5, 5.41) is 12.5. The van der Waals surface area contributed by atoms with E-state index in [1.165, 1.54) is 5.56 Å². The fourth-order valence-corrected chi connectivity index (χ4v) is 2.47. The van der Waals surface area contributed by atoms with Gasteiger partial charge in [0, 0.05) is 0 Å². The van der Waals surface area contributed by atoms with Crippen molar-refractivity contribution in [2.45, 2.75) is 31.2 Å². The second kappa shape index (κ2) is 3.67. The minimum absolute atomic E-state index is 0.469. The van der Waals surface area contributed by atoms with Gasteiger partial charge in [0.1, 0.15) is 5.54 Å². The Morgan fingerprint density at radius 2 is 2.20 bits per heavy atom. The molecule has 0 saturated heterocycles. The molecular weight excluding hydrogens is 184 g/mol. The van der Waals surface area contributed by atoms with Crippen LogP contribution in [0.15, 0.2) is 24.3 Å². The molecule has 2 unspecified atom stereocenters. The summed E-state index contributed by atoms with van der Waals surface area (Å²) in [5.74, 6) is 0.566. The molecule has 0 heterocycles. The third-order valence-corrected chi connectivity index (χ3v) is 3.52. The third-order valence-electron chi connectivity index (χ3n) is 3.52. The largest absolute Gasteiger partial charge is 0.299 e. The first-order valence-corrected chi connectivity index (χ1v) is 5.43. The molecule has 0 spiro atoms. The molecule has 0 saturated carbocycles. The fraction of sp³-hybridized carbons (Fsp3) is 0.462. The zero-order valence-electron chi connectivity index (χ0n) is 9.25. The van der Waals surface area contributed by atoms with E-state index in [2.05, 4.69) is 36.5 Å². The van der Waals surface area contributed by atoms with Crippen molar-refractivity contribution >= 4 is 0 Å². The van der Waals surface area contributed by atoms with Crippen LogP contribution in [0.4, 0.5) is 0 Å². The molecule has 0 radical (unpaired) electrons. The molecule has 1 aliphatic carbocycles. The average Bonchev–Trinajstić information content (AvgIpc) is 2.31. The number of nitrogens with one attached hydrogen (secondary N) is 1. The van der Waals surface area contributed by atoms with Crippen molar-refractivity contribution in [3.63, 3.8) is 0 Å². The first-order chi connectivity index (χ1) is 7.23. The second-order valence-corrected chi connectivity index (χ2v) is 4.29. The third kappa shape index (κ3) is 1.44. The summed E-state index contributed by atoms with van der Waals surface area (Å²) in [7, 11) is 1.87. The number of hydrogen-bond acceptors (Lipinski definition) is 2. The van der Waals surface area contributed by atoms with Crippen LogP contribution in [0.25, 0.3) is 0 Å². The number of benzene rings is 1. The molecule has 2 heteroatoms. The Hall–Kier alpha value is -1.33. The van der Waals surface area contributed by atoms with E-state index < -0.39 is 5.54 Å². The van der Waals surface area contributed by atoms with Crippen molar-refractivity contribution < 1.29 is 0 Å². The van der Waals surface area contributed by atoms with Gasteiger partial charge in [-0.2, -0.15) is 5.26 Å². The summed E-state index contributed by atoms with van der Waals surface area (Å²) in [6.45, 7) is 2.23. The molecule has 2 atom stereocenters. The van der Waals surface area contributed by atoms with Gasteiger partial charge in [0.05, 0.1) is 6.07 Å². The summed E-state index contributed by atoms with van der Waals surface area (Å²) in [5.41, 5.74) is 2.01. The SMILES string of the molecule is CNC1(C#N)CCC(C)c2ccccc21. The lowest BCUT2D eigenvalue weighted by Crippen LogP contribution is -2.42. The number of nitriles is 1. The lowest BCUT2D eigenvalue weighted by molar-refractivity contribution is 0.373. The Morgan fingerprint density at radius 3 is 2.87 bits per heavy atom. The zero-order chi connectivity index (χ0) is 10.9. The maximum absolute atomic E-state index is 9.36. The van der Waals surface area contributed by atoms with Gasteiger partial charge in [-0.15, -0.1) is 0 Å². The van der Waals surface area contributed by atoms with E-state index in [-0.39, 0.29) is 0 Å². The smallest absolute Gasteiger partial charge is 0.132 e. The molecule has 0 bridgehead atoms. The van der Waals surface area contributed by atoms with Gasteiger partial charge < -0.3 is 0 Å². The Morgan fingerprint density at radius 1 is 1.47 bits per heavy atom. The van der Waals surface area contributed by atoms with Crippen molar-refractivity contribution in [1.82, 2.24) is 5.32 Å². The molecule has 1 aliphatic rings. The van der Waals surface area contributed by atoms with E-state index in [0.29, 0.717) is 5.92 Å². The molecule has 15 heavy (non-hydrogen) atoms. The first-order valence-electron chi connectivity index (χ1n) is 5.43. The van der Waals surface area contributed by atoms with Gasteiger partial charge in [-0.3, -0.25) is 5.32 Å². The summed E-state index contributed by atoms with van der Waals surface area (Å²) in [6, 6.07) is 10.7. The van der Waals surface area contributed by atoms with Gasteiger partial charge >= 0.3 is 0 Å². The van der Waals surface area contributed by atoms with Crippen molar-refractivity contribution in [3.8, 4) is 6.07 Å². The van der Waals surface area contributed by atoms with Crippen LogP contribution in [0, 0.1) is 11.3 Å². The van der Waals surface area contributed by atoms with Crippen LogP contribution >= 0.6 is 0 Å². The molecule has 0 aromatic heterocycles. The van der Waals surface area contributed by atoms with Crippen LogP contribution in [-0.2, 0) is 5.54 Å². The summed E-state index contributed by atoms with van der Waals surface area (Å²) in [4.78, 5) is 0. The summed E-state index contributed by atoms with van der Waals surface area (Å²) < 4.78 is 0. The van der Waals surface area contributed by atoms with Crippen LogP contribution in [0.3, 0.4) is 0 Å². The molecule has 1 aromatic rings. The van der Waals surface area contributed by atoms with Crippen LogP contribution < -0.4 is 5.32 Å². The minimum Gasteiger partial charge on any atom is -0.299 e. The van der Waals surface area contributed by atoms with E-state index in [1.54, 1.807) is 0 Å². The van der Waals surface area contributed by atoms with Crippen LogP contribution in [0.5, 0.6) is 0 Å². The highest BCUT2D eigenvalue weighted by Crippen LogP contribution is 2.40. The van der Waals surface area contributed by atoms with E-state index >= 15 is 0 Å². The summed E-state index contributed by atoms with van der Waals surface area (Å²) >= 11 is 0. The van der Waals surface area contributed by atoms with Crippen molar-refractivity contribution in [1.29, 1.82) is 5.26 Å². The van der Waals surface area contributed by atoms with Crippen molar-refractivity contribution in [3.05, 3.63) is 35.4 Å². The Labute approximate surface area is 90.9 Å². The predicted octanol–water partition coefficient (Wildman–Crippen LogP) is 2.52. The maximum atomic E-state index is 9.36. The maximum Gasteiger partial charge on any atom is 0.132 e. The number of fused-ring (bicyclic) bond motifs is 1. The van der Waals surface area contributed by atoms with Crippen LogP contribution in [0.2, 0.25) is 0 Å². The molecule has 78 valence electrons. The highest BCUT2D eigenvalue weighted by molar-refractivity contribution is 5.42. The lowest BCUT2D eigenvalue weighted by Gasteiger charge is -2.35. The number of nitrogens with zero attached hydrogens (tertiary/aromatic N) is 1. The number of hydrogen-bond donors (Lipinski definition) is 1. The van der Waals surface area contributed by atoms with Gasteiger partial charge in [-0.05, 0) is 36.9 Å². The second-order valence-electron chi connectivity index (χ2n) is 4.29. The highest BCUT2D eigenvalue weighted by Gasteiger charge is 2.37. The Balaban J connectivity index is 2.59. The van der Waals surface area contributed by atoms with Gasteiger partial charge in [0.2, 0.25) is 0 Å². The van der Waals surface area contributed by atoms with Crippen LogP contribution in [0.1, 0.15) is 36.8 Å². The van der Waals surface area contributed by atoms with Gasteiger partial charge in [0.25, 0.3) is 0 Å². The molecule has 1 N–H and O–H groups in total. The molecule has 2 rings (SSSR count). The van der Waals surface area contributed by atoms with E-state index in [1.807, 2.05) is 13.1 Å². The Bertz CT molecular complexity index is 405. The highest BCUT2D eigenvalue weighted by atomic mass is 14.9. The lowest BCUT2D eigenvalue weighted by atomic mass is 9.73. The van der Waals surface area contributed by atoms with Gasteiger partial charge in [0.15, 0.2) is 0 Å². The monoisotopic (exact) mass is 200 g/mol. The minimum atomic E-state index is -0.469. The molecular formula is C13H16N2. The Kier molecular flexibility index (Phi) is 2.50.